The number of nitrogens with zero attached hydrogens (tertiary/aromatic N) is 2. The van der Waals surface area contributed by atoms with Gasteiger partial charge in [0.2, 0.25) is 10.0 Å². The molecule has 2 aromatic rings. The first-order valence-corrected chi connectivity index (χ1v) is 10.2. The molecule has 0 aliphatic rings. The molecular weight excluding hydrogens is 352 g/mol. The zero-order chi connectivity index (χ0) is 19.3. The quantitative estimate of drug-likeness (QED) is 0.662. The number of carbonyl (C=O) groups excluding carboxylic acids is 1. The second-order valence-electron chi connectivity index (χ2n) is 5.86. The highest BCUT2D eigenvalue weighted by Crippen LogP contribution is 2.25. The Morgan fingerprint density at radius 3 is 2.27 bits per heavy atom. The van der Waals surface area contributed by atoms with Crippen LogP contribution in [0.25, 0.3) is 0 Å². The summed E-state index contributed by atoms with van der Waals surface area (Å²) in [6, 6.07) is 11.0. The minimum absolute atomic E-state index is 0.153. The van der Waals surface area contributed by atoms with E-state index >= 15 is 0 Å². The molecule has 1 aromatic carbocycles. The molecule has 0 fully saturated rings. The first kappa shape index (κ1) is 20.2. The van der Waals surface area contributed by atoms with Crippen molar-refractivity contribution in [3.8, 4) is 0 Å². The van der Waals surface area contributed by atoms with Crippen molar-refractivity contribution in [3.05, 3.63) is 53.3 Å². The monoisotopic (exact) mass is 378 g/mol. The van der Waals surface area contributed by atoms with E-state index in [2.05, 4.69) is 0 Å². The molecule has 0 atom stereocenters. The molecular formula is C19H26N2O4S. The standard InChI is InChI=1S/C19H26N2O4S/c1-5-20(6-2)26(23,24)18-13-17(19(22)25-7-3)21(15(18)4)14-16-11-9-8-10-12-16/h8-13H,5-7,14H2,1-4H3. The van der Waals surface area contributed by atoms with Crippen LogP contribution >= 0.6 is 0 Å². The summed E-state index contributed by atoms with van der Waals surface area (Å²) in [6.45, 7) is 8.41. The maximum atomic E-state index is 13.0. The molecule has 0 spiro atoms. The van der Waals surface area contributed by atoms with Gasteiger partial charge in [-0.15, -0.1) is 0 Å². The number of carbonyl (C=O) groups is 1. The zero-order valence-electron chi connectivity index (χ0n) is 15.7. The van der Waals surface area contributed by atoms with Gasteiger partial charge in [-0.2, -0.15) is 4.31 Å². The summed E-state index contributed by atoms with van der Waals surface area (Å²) in [5.41, 5.74) is 1.76. The van der Waals surface area contributed by atoms with Crippen LogP contribution in [0.5, 0.6) is 0 Å². The normalized spacial score (nSPS) is 11.7. The molecule has 0 bridgehead atoms. The molecule has 0 saturated carbocycles. The van der Waals surface area contributed by atoms with Crippen molar-refractivity contribution in [1.82, 2.24) is 8.87 Å². The average Bonchev–Trinajstić information content (AvgIpc) is 2.94. The lowest BCUT2D eigenvalue weighted by Gasteiger charge is -2.18. The van der Waals surface area contributed by atoms with E-state index in [4.69, 9.17) is 4.74 Å². The fraction of sp³-hybridized carbons (Fsp3) is 0.421. The van der Waals surface area contributed by atoms with Crippen molar-refractivity contribution in [2.45, 2.75) is 39.1 Å². The number of ether oxygens (including phenoxy) is 1. The molecule has 0 amide bonds. The molecule has 0 saturated heterocycles. The lowest BCUT2D eigenvalue weighted by Crippen LogP contribution is -2.30. The topological polar surface area (TPSA) is 68.6 Å². The highest BCUT2D eigenvalue weighted by Gasteiger charge is 2.29. The fourth-order valence-corrected chi connectivity index (χ4v) is 4.63. The lowest BCUT2D eigenvalue weighted by atomic mass is 10.2. The summed E-state index contributed by atoms with van der Waals surface area (Å²) in [7, 11) is -3.67. The second-order valence-corrected chi connectivity index (χ2v) is 7.77. The van der Waals surface area contributed by atoms with Gasteiger partial charge in [0.15, 0.2) is 0 Å². The number of aromatic nitrogens is 1. The van der Waals surface area contributed by atoms with Gasteiger partial charge in [-0.05, 0) is 25.5 Å². The second kappa shape index (κ2) is 8.51. The largest absolute Gasteiger partial charge is 0.461 e. The van der Waals surface area contributed by atoms with E-state index in [9.17, 15) is 13.2 Å². The number of benzene rings is 1. The Bertz CT molecular complexity index is 853. The van der Waals surface area contributed by atoms with E-state index in [1.807, 2.05) is 30.3 Å². The highest BCUT2D eigenvalue weighted by atomic mass is 32.2. The summed E-state index contributed by atoms with van der Waals surface area (Å²) in [4.78, 5) is 12.6. The Labute approximate surface area is 155 Å². The molecule has 0 unspecified atom stereocenters. The van der Waals surface area contributed by atoms with Crippen LogP contribution in [0.1, 0.15) is 42.5 Å². The summed E-state index contributed by atoms with van der Waals surface area (Å²) in [6.07, 6.45) is 0. The predicted octanol–water partition coefficient (Wildman–Crippen LogP) is 3.05. The van der Waals surface area contributed by atoms with Gasteiger partial charge in [-0.25, -0.2) is 13.2 Å². The summed E-state index contributed by atoms with van der Waals surface area (Å²) < 4.78 is 34.2. The van der Waals surface area contributed by atoms with Gasteiger partial charge in [0.25, 0.3) is 0 Å². The Balaban J connectivity index is 2.58. The van der Waals surface area contributed by atoms with E-state index in [0.717, 1.165) is 5.56 Å². The zero-order valence-corrected chi connectivity index (χ0v) is 16.5. The molecule has 26 heavy (non-hydrogen) atoms. The first-order valence-electron chi connectivity index (χ1n) is 8.78. The van der Waals surface area contributed by atoms with Gasteiger partial charge in [0, 0.05) is 25.3 Å². The maximum absolute atomic E-state index is 13.0. The van der Waals surface area contributed by atoms with Crippen LogP contribution in [0.2, 0.25) is 0 Å². The van der Waals surface area contributed by atoms with Crippen molar-refractivity contribution in [3.63, 3.8) is 0 Å². The van der Waals surface area contributed by atoms with Gasteiger partial charge >= 0.3 is 5.97 Å². The molecule has 1 aromatic heterocycles. The fourth-order valence-electron chi connectivity index (χ4n) is 2.93. The van der Waals surface area contributed by atoms with Gasteiger partial charge in [-0.3, -0.25) is 0 Å². The van der Waals surface area contributed by atoms with Gasteiger partial charge in [0.05, 0.1) is 6.61 Å². The van der Waals surface area contributed by atoms with E-state index in [1.165, 1.54) is 10.4 Å². The SMILES string of the molecule is CCOC(=O)c1cc(S(=O)(=O)N(CC)CC)c(C)n1Cc1ccccc1. The molecule has 2 rings (SSSR count). The first-order chi connectivity index (χ1) is 12.4. The van der Waals surface area contributed by atoms with E-state index < -0.39 is 16.0 Å². The van der Waals surface area contributed by atoms with E-state index in [0.29, 0.717) is 25.3 Å². The minimum atomic E-state index is -3.67. The smallest absolute Gasteiger partial charge is 0.354 e. The lowest BCUT2D eigenvalue weighted by molar-refractivity contribution is 0.0514. The number of hydrogen-bond donors (Lipinski definition) is 0. The van der Waals surface area contributed by atoms with E-state index in [-0.39, 0.29) is 17.2 Å². The molecule has 6 nitrogen and oxygen atoms in total. The molecule has 0 aliphatic heterocycles. The summed E-state index contributed by atoms with van der Waals surface area (Å²) >= 11 is 0. The number of hydrogen-bond acceptors (Lipinski definition) is 4. The average molecular weight is 378 g/mol. The van der Waals surface area contributed by atoms with Crippen LogP contribution in [0.4, 0.5) is 0 Å². The molecule has 1 heterocycles. The maximum Gasteiger partial charge on any atom is 0.354 e. The van der Waals surface area contributed by atoms with E-state index in [1.54, 1.807) is 32.3 Å². The minimum Gasteiger partial charge on any atom is -0.461 e. The van der Waals surface area contributed by atoms with Gasteiger partial charge in [-0.1, -0.05) is 44.2 Å². The van der Waals surface area contributed by atoms with Crippen molar-refractivity contribution in [2.24, 2.45) is 0 Å². The molecule has 7 heteroatoms. The summed E-state index contributed by atoms with van der Waals surface area (Å²) in [5.74, 6) is -0.521. The Hall–Kier alpha value is -2.12. The third-order valence-electron chi connectivity index (χ3n) is 4.31. The number of rotatable bonds is 8. The van der Waals surface area contributed by atoms with Crippen molar-refractivity contribution >= 4 is 16.0 Å². The molecule has 142 valence electrons. The van der Waals surface area contributed by atoms with Crippen molar-refractivity contribution in [1.29, 1.82) is 0 Å². The highest BCUT2D eigenvalue weighted by molar-refractivity contribution is 7.89. The van der Waals surface area contributed by atoms with Gasteiger partial charge in [0.1, 0.15) is 10.6 Å². The molecule has 0 N–H and O–H groups in total. The van der Waals surface area contributed by atoms with Crippen LogP contribution in [0.15, 0.2) is 41.3 Å². The number of esters is 1. The third kappa shape index (κ3) is 3.99. The van der Waals surface area contributed by atoms with Crippen LogP contribution in [0, 0.1) is 6.92 Å². The Morgan fingerprint density at radius 2 is 1.73 bits per heavy atom. The van der Waals surface area contributed by atoms with Crippen molar-refractivity contribution < 1.29 is 17.9 Å². The Morgan fingerprint density at radius 1 is 1.12 bits per heavy atom. The van der Waals surface area contributed by atoms with Crippen LogP contribution in [-0.2, 0) is 21.3 Å². The third-order valence-corrected chi connectivity index (χ3v) is 6.48. The Kier molecular flexibility index (Phi) is 6.61. The number of sulfonamides is 1. The van der Waals surface area contributed by atoms with Gasteiger partial charge < -0.3 is 9.30 Å². The predicted molar refractivity (Wildman–Crippen MR) is 101 cm³/mol. The molecule has 0 aliphatic carbocycles. The molecule has 0 radical (unpaired) electrons. The van der Waals surface area contributed by atoms with Crippen molar-refractivity contribution in [2.75, 3.05) is 19.7 Å². The van der Waals surface area contributed by atoms with Crippen LogP contribution in [0.3, 0.4) is 0 Å². The van der Waals surface area contributed by atoms with Crippen LogP contribution in [-0.4, -0.2) is 43.0 Å². The summed E-state index contributed by atoms with van der Waals surface area (Å²) in [5, 5.41) is 0. The van der Waals surface area contributed by atoms with Crippen LogP contribution < -0.4 is 0 Å².